The minimum absolute atomic E-state index is 0.0315. The largest absolute Gasteiger partial charge is 0.350 e. The Balaban J connectivity index is 2.47. The molecule has 0 aliphatic rings. The minimum atomic E-state index is -0.570. The van der Waals surface area contributed by atoms with Gasteiger partial charge in [-0.2, -0.15) is 0 Å². The van der Waals surface area contributed by atoms with Crippen molar-refractivity contribution in [2.75, 3.05) is 5.32 Å². The van der Waals surface area contributed by atoms with E-state index in [1.165, 1.54) is 24.3 Å². The van der Waals surface area contributed by atoms with Crippen LogP contribution in [0.25, 0.3) is 0 Å². The summed E-state index contributed by atoms with van der Waals surface area (Å²) in [6.45, 7) is 1.59. The van der Waals surface area contributed by atoms with Crippen molar-refractivity contribution >= 4 is 28.7 Å². The highest BCUT2D eigenvalue weighted by atomic mass is 35.5. The molecule has 0 saturated heterocycles. The molecule has 0 aromatic heterocycles. The second kappa shape index (κ2) is 5.24. The van der Waals surface area contributed by atoms with Crippen LogP contribution in [-0.2, 0) is 0 Å². The molecule has 0 aliphatic heterocycles. The molecule has 0 radical (unpaired) electrons. The fourth-order valence-electron chi connectivity index (χ4n) is 1.69. The first-order valence-corrected chi connectivity index (χ1v) is 5.83. The van der Waals surface area contributed by atoms with Gasteiger partial charge in [0.25, 0.3) is 0 Å². The molecule has 0 aliphatic carbocycles. The van der Waals surface area contributed by atoms with Gasteiger partial charge in [0.1, 0.15) is 16.5 Å². The summed E-state index contributed by atoms with van der Waals surface area (Å²) < 4.78 is 13.4. The van der Waals surface area contributed by atoms with Gasteiger partial charge in [0.2, 0.25) is 0 Å². The van der Waals surface area contributed by atoms with Crippen molar-refractivity contribution < 1.29 is 9.31 Å². The summed E-state index contributed by atoms with van der Waals surface area (Å²) >= 11 is 5.81. The number of nitrogens with one attached hydrogen (secondary N) is 1. The lowest BCUT2D eigenvalue weighted by atomic mass is 10.1. The fraction of sp³-hybridized carbons (Fsp3) is 0.0769. The molecule has 0 amide bonds. The Bertz CT molecular complexity index is 647. The second-order valence-corrected chi connectivity index (χ2v) is 4.34. The molecule has 98 valence electrons. The number of anilines is 2. The van der Waals surface area contributed by atoms with E-state index in [0.29, 0.717) is 11.3 Å². The number of para-hydroxylation sites is 1. The third kappa shape index (κ3) is 2.66. The molecule has 0 heterocycles. The zero-order chi connectivity index (χ0) is 14.0. The van der Waals surface area contributed by atoms with Crippen LogP contribution in [0.4, 0.5) is 21.5 Å². The van der Waals surface area contributed by atoms with E-state index in [1.54, 1.807) is 19.1 Å². The standard InChI is InChI=1S/C13H10ClFN2O2/c1-8-10(15)5-3-6-11(8)16-12-7-2-4-9(14)13(12)17(18)19/h2-7,16H,1H3. The number of rotatable bonds is 3. The van der Waals surface area contributed by atoms with Gasteiger partial charge in [-0.3, -0.25) is 10.1 Å². The highest BCUT2D eigenvalue weighted by molar-refractivity contribution is 6.33. The van der Waals surface area contributed by atoms with Crippen molar-refractivity contribution in [3.63, 3.8) is 0 Å². The predicted octanol–water partition coefficient (Wildman–Crippen LogP) is 4.44. The van der Waals surface area contributed by atoms with E-state index in [2.05, 4.69) is 5.32 Å². The molecule has 0 atom stereocenters. The summed E-state index contributed by atoms with van der Waals surface area (Å²) in [6.07, 6.45) is 0. The van der Waals surface area contributed by atoms with Crippen LogP contribution in [0.1, 0.15) is 5.56 Å². The van der Waals surface area contributed by atoms with Crippen LogP contribution in [0, 0.1) is 22.9 Å². The van der Waals surface area contributed by atoms with Crippen LogP contribution < -0.4 is 5.32 Å². The first-order chi connectivity index (χ1) is 9.00. The lowest BCUT2D eigenvalue weighted by Gasteiger charge is -2.10. The summed E-state index contributed by atoms with van der Waals surface area (Å²) in [7, 11) is 0. The Morgan fingerprint density at radius 1 is 1.21 bits per heavy atom. The van der Waals surface area contributed by atoms with Crippen molar-refractivity contribution in [3.05, 3.63) is 62.9 Å². The first-order valence-electron chi connectivity index (χ1n) is 5.45. The summed E-state index contributed by atoms with van der Waals surface area (Å²) in [5, 5.41) is 13.9. The first kappa shape index (κ1) is 13.3. The van der Waals surface area contributed by atoms with Crippen molar-refractivity contribution in [2.24, 2.45) is 0 Å². The molecule has 0 fully saturated rings. The Hall–Kier alpha value is -2.14. The Labute approximate surface area is 114 Å². The number of benzene rings is 2. The zero-order valence-electron chi connectivity index (χ0n) is 9.98. The molecule has 1 N–H and O–H groups in total. The third-order valence-electron chi connectivity index (χ3n) is 2.71. The number of hydrogen-bond acceptors (Lipinski definition) is 3. The highest BCUT2D eigenvalue weighted by Gasteiger charge is 2.19. The monoisotopic (exact) mass is 280 g/mol. The van der Waals surface area contributed by atoms with Crippen LogP contribution in [0.3, 0.4) is 0 Å². The van der Waals surface area contributed by atoms with Gasteiger partial charge in [-0.1, -0.05) is 23.7 Å². The molecule has 2 rings (SSSR count). The topological polar surface area (TPSA) is 55.2 Å². The van der Waals surface area contributed by atoms with Crippen LogP contribution in [0.5, 0.6) is 0 Å². The average Bonchev–Trinajstić information content (AvgIpc) is 2.34. The molecule has 0 spiro atoms. The van der Waals surface area contributed by atoms with Crippen molar-refractivity contribution in [2.45, 2.75) is 6.92 Å². The van der Waals surface area contributed by atoms with Crippen LogP contribution in [0.2, 0.25) is 5.02 Å². The van der Waals surface area contributed by atoms with Crippen molar-refractivity contribution in [3.8, 4) is 0 Å². The van der Waals surface area contributed by atoms with E-state index in [4.69, 9.17) is 11.6 Å². The normalized spacial score (nSPS) is 10.3. The summed E-state index contributed by atoms with van der Waals surface area (Å²) in [6, 6.07) is 9.04. The zero-order valence-corrected chi connectivity index (χ0v) is 10.7. The maximum atomic E-state index is 13.4. The number of hydrogen-bond donors (Lipinski definition) is 1. The van der Waals surface area contributed by atoms with Gasteiger partial charge in [-0.15, -0.1) is 0 Å². The summed E-state index contributed by atoms with van der Waals surface area (Å²) in [5.74, 6) is -0.380. The number of halogens is 2. The van der Waals surface area contributed by atoms with E-state index in [0.717, 1.165) is 0 Å². The molecule has 0 bridgehead atoms. The molecule has 4 nitrogen and oxygen atoms in total. The van der Waals surface area contributed by atoms with Gasteiger partial charge in [0, 0.05) is 11.3 Å². The van der Waals surface area contributed by atoms with Crippen LogP contribution in [0.15, 0.2) is 36.4 Å². The van der Waals surface area contributed by atoms with Gasteiger partial charge in [-0.05, 0) is 31.2 Å². The number of nitro groups is 1. The van der Waals surface area contributed by atoms with E-state index >= 15 is 0 Å². The quantitative estimate of drug-likeness (QED) is 0.668. The maximum absolute atomic E-state index is 13.4. The van der Waals surface area contributed by atoms with E-state index < -0.39 is 4.92 Å². The maximum Gasteiger partial charge on any atom is 0.311 e. The van der Waals surface area contributed by atoms with Crippen molar-refractivity contribution in [1.29, 1.82) is 0 Å². The third-order valence-corrected chi connectivity index (χ3v) is 3.01. The van der Waals surface area contributed by atoms with Gasteiger partial charge < -0.3 is 5.32 Å². The van der Waals surface area contributed by atoms with E-state index in [1.807, 2.05) is 0 Å². The Morgan fingerprint density at radius 2 is 1.84 bits per heavy atom. The molecule has 6 heteroatoms. The molecule has 2 aromatic rings. The predicted molar refractivity (Wildman–Crippen MR) is 72.5 cm³/mol. The van der Waals surface area contributed by atoms with Crippen LogP contribution >= 0.6 is 11.6 Å². The van der Waals surface area contributed by atoms with Gasteiger partial charge in [0.15, 0.2) is 0 Å². The molecule has 19 heavy (non-hydrogen) atoms. The average molecular weight is 281 g/mol. The lowest BCUT2D eigenvalue weighted by Crippen LogP contribution is -1.99. The van der Waals surface area contributed by atoms with Gasteiger partial charge in [-0.25, -0.2) is 4.39 Å². The molecular formula is C13H10ClFN2O2. The van der Waals surface area contributed by atoms with E-state index in [-0.39, 0.29) is 22.2 Å². The second-order valence-electron chi connectivity index (χ2n) is 3.93. The van der Waals surface area contributed by atoms with Crippen LogP contribution in [-0.4, -0.2) is 4.92 Å². The molecular weight excluding hydrogens is 271 g/mol. The SMILES string of the molecule is Cc1c(F)cccc1Nc1cccc(Cl)c1[N+](=O)[O-]. The summed E-state index contributed by atoms with van der Waals surface area (Å²) in [4.78, 5) is 10.4. The molecule has 0 saturated carbocycles. The fourth-order valence-corrected chi connectivity index (χ4v) is 1.93. The summed E-state index contributed by atoms with van der Waals surface area (Å²) in [5.41, 5.74) is 0.848. The molecule has 0 unspecified atom stereocenters. The Kier molecular flexibility index (Phi) is 3.66. The number of nitro benzene ring substituents is 1. The van der Waals surface area contributed by atoms with E-state index in [9.17, 15) is 14.5 Å². The Morgan fingerprint density at radius 3 is 2.53 bits per heavy atom. The van der Waals surface area contributed by atoms with Gasteiger partial charge in [0.05, 0.1) is 4.92 Å². The lowest BCUT2D eigenvalue weighted by molar-refractivity contribution is -0.383. The smallest absolute Gasteiger partial charge is 0.311 e. The minimum Gasteiger partial charge on any atom is -0.350 e. The highest BCUT2D eigenvalue weighted by Crippen LogP contribution is 2.35. The van der Waals surface area contributed by atoms with Gasteiger partial charge >= 0.3 is 5.69 Å². The molecule has 2 aromatic carbocycles. The van der Waals surface area contributed by atoms with Crippen molar-refractivity contribution in [1.82, 2.24) is 0 Å². The number of nitrogens with zero attached hydrogens (tertiary/aromatic N) is 1.